The van der Waals surface area contributed by atoms with Crippen molar-refractivity contribution >= 4 is 35.2 Å². The summed E-state index contributed by atoms with van der Waals surface area (Å²) in [5, 5.41) is 16.3. The number of ether oxygens (including phenoxy) is 1. The van der Waals surface area contributed by atoms with Gasteiger partial charge in [-0.3, -0.25) is 19.3 Å². The number of aliphatic hydroxyl groups excluding tert-OH is 1. The molecule has 0 spiro atoms. The van der Waals surface area contributed by atoms with Crippen LogP contribution in [-0.2, 0) is 25.7 Å². The van der Waals surface area contributed by atoms with Crippen LogP contribution in [0.3, 0.4) is 0 Å². The highest BCUT2D eigenvalue weighted by Gasteiger charge is 2.44. The quantitative estimate of drug-likeness (QED) is 0.394. The van der Waals surface area contributed by atoms with Gasteiger partial charge in [-0.15, -0.1) is 11.3 Å². The summed E-state index contributed by atoms with van der Waals surface area (Å²) in [5.74, 6) is -1.08. The van der Waals surface area contributed by atoms with E-state index < -0.39 is 35.1 Å². The van der Waals surface area contributed by atoms with Gasteiger partial charge in [0.05, 0.1) is 28.7 Å². The Balaban J connectivity index is 1.33. The second kappa shape index (κ2) is 14.5. The van der Waals surface area contributed by atoms with Crippen LogP contribution >= 0.6 is 11.3 Å². The molecule has 46 heavy (non-hydrogen) atoms. The van der Waals surface area contributed by atoms with E-state index in [1.165, 1.54) is 4.90 Å². The Bertz CT molecular complexity index is 1390. The monoisotopic (exact) mass is 656 g/mol. The number of aromatic nitrogens is 1. The number of nitrogens with zero attached hydrogens (tertiary/aromatic N) is 4. The number of likely N-dealkylation sites (tertiary alicyclic amines) is 1. The minimum Gasteiger partial charge on any atom is -0.444 e. The third kappa shape index (κ3) is 9.26. The van der Waals surface area contributed by atoms with Crippen molar-refractivity contribution in [1.29, 1.82) is 0 Å². The molecule has 0 saturated carbocycles. The van der Waals surface area contributed by atoms with Crippen molar-refractivity contribution in [3.05, 3.63) is 41.0 Å². The molecule has 2 aliphatic rings. The van der Waals surface area contributed by atoms with E-state index in [0.717, 1.165) is 21.7 Å². The molecule has 2 aromatic rings. The Labute approximate surface area is 275 Å². The molecule has 0 bridgehead atoms. The van der Waals surface area contributed by atoms with Crippen LogP contribution in [0.15, 0.2) is 29.8 Å². The molecule has 2 aliphatic heterocycles. The van der Waals surface area contributed by atoms with E-state index in [-0.39, 0.29) is 44.0 Å². The molecule has 12 nitrogen and oxygen atoms in total. The van der Waals surface area contributed by atoms with Crippen molar-refractivity contribution in [2.24, 2.45) is 5.41 Å². The summed E-state index contributed by atoms with van der Waals surface area (Å²) in [5.41, 5.74) is 3.51. The van der Waals surface area contributed by atoms with Crippen LogP contribution in [0.5, 0.6) is 0 Å². The van der Waals surface area contributed by atoms with Crippen LogP contribution in [-0.4, -0.2) is 112 Å². The Hall–Kier alpha value is -3.55. The predicted octanol–water partition coefficient (Wildman–Crippen LogP) is 2.78. The second-order valence-corrected chi connectivity index (χ2v) is 15.0. The third-order valence-electron chi connectivity index (χ3n) is 8.10. The maximum absolute atomic E-state index is 13.9. The summed E-state index contributed by atoms with van der Waals surface area (Å²) >= 11 is 1.58. The van der Waals surface area contributed by atoms with Crippen molar-refractivity contribution in [3.63, 3.8) is 0 Å². The SMILES string of the molecule is Cc1ncsc1-c1ccc(CNC(=O)[C@@H]2C[C@@H](O)CN2C(=O)[C@@H](NC(=O)CN2CCN(C(=O)OC(C)(C)C)CC2)C(C)(C)C)cc1. The standard InChI is InChI=1S/C33H48N6O6S/c1-21-27(46-20-35-21)23-10-8-22(9-11-23)17-34-29(42)25-16-24(40)18-39(25)30(43)28(32(2,3)4)36-26(41)19-37-12-14-38(15-13-37)31(44)45-33(5,6)7/h8-11,20,24-25,28,40H,12-19H2,1-7H3,(H,34,42)(H,36,41)/t24-,25+,28-/m1/s1. The van der Waals surface area contributed by atoms with E-state index in [4.69, 9.17) is 4.74 Å². The van der Waals surface area contributed by atoms with Crippen LogP contribution in [0.4, 0.5) is 4.79 Å². The molecule has 2 fully saturated rings. The van der Waals surface area contributed by atoms with Gasteiger partial charge in [0.1, 0.15) is 17.7 Å². The van der Waals surface area contributed by atoms with Crippen molar-refractivity contribution in [2.45, 2.75) is 85.2 Å². The van der Waals surface area contributed by atoms with Crippen molar-refractivity contribution in [3.8, 4) is 10.4 Å². The number of hydrogen-bond acceptors (Lipinski definition) is 9. The van der Waals surface area contributed by atoms with E-state index in [2.05, 4.69) is 15.6 Å². The van der Waals surface area contributed by atoms with Gasteiger partial charge in [-0.25, -0.2) is 9.78 Å². The molecule has 1 aromatic heterocycles. The van der Waals surface area contributed by atoms with Gasteiger partial charge in [0, 0.05) is 45.7 Å². The van der Waals surface area contributed by atoms with Crippen LogP contribution in [0.1, 0.15) is 59.2 Å². The second-order valence-electron chi connectivity index (χ2n) is 14.2. The summed E-state index contributed by atoms with van der Waals surface area (Å²) in [6.07, 6.45) is -1.10. The molecule has 1 aromatic carbocycles. The molecule has 252 valence electrons. The van der Waals surface area contributed by atoms with Gasteiger partial charge in [-0.1, -0.05) is 45.0 Å². The first kappa shape index (κ1) is 35.3. The van der Waals surface area contributed by atoms with Crippen LogP contribution < -0.4 is 10.6 Å². The number of hydrogen-bond donors (Lipinski definition) is 3. The first-order chi connectivity index (χ1) is 21.5. The summed E-state index contributed by atoms with van der Waals surface area (Å²) in [6.45, 7) is 15.2. The number of benzene rings is 1. The van der Waals surface area contributed by atoms with Gasteiger partial charge in [0.15, 0.2) is 0 Å². The number of carbonyl (C=O) groups is 4. The van der Waals surface area contributed by atoms with Crippen molar-refractivity contribution in [1.82, 2.24) is 30.3 Å². The molecule has 4 rings (SSSR count). The molecule has 3 atom stereocenters. The smallest absolute Gasteiger partial charge is 0.410 e. The third-order valence-corrected chi connectivity index (χ3v) is 9.08. The molecule has 2 saturated heterocycles. The number of β-amino-alcohol motifs (C(OH)–C–C–N with tert-alkyl or cyclic N) is 1. The number of nitrogens with one attached hydrogen (secondary N) is 2. The maximum atomic E-state index is 13.9. The summed E-state index contributed by atoms with van der Waals surface area (Å²) in [6, 6.07) is 6.12. The average Bonchev–Trinajstić information content (AvgIpc) is 3.58. The minimum atomic E-state index is -0.911. The number of rotatable bonds is 8. The zero-order valence-electron chi connectivity index (χ0n) is 28.0. The van der Waals surface area contributed by atoms with Gasteiger partial charge in [-0.05, 0) is 44.2 Å². The lowest BCUT2D eigenvalue weighted by Gasteiger charge is -2.37. The van der Waals surface area contributed by atoms with E-state index in [1.54, 1.807) is 16.2 Å². The molecular weight excluding hydrogens is 608 g/mol. The molecule has 0 radical (unpaired) electrons. The lowest BCUT2D eigenvalue weighted by atomic mass is 9.85. The normalized spacial score (nSPS) is 19.9. The molecule has 0 unspecified atom stereocenters. The molecule has 3 N–H and O–H groups in total. The van der Waals surface area contributed by atoms with Crippen LogP contribution in [0.25, 0.3) is 10.4 Å². The van der Waals surface area contributed by atoms with E-state index >= 15 is 0 Å². The highest BCUT2D eigenvalue weighted by molar-refractivity contribution is 7.13. The fourth-order valence-electron chi connectivity index (χ4n) is 5.61. The van der Waals surface area contributed by atoms with Crippen LogP contribution in [0, 0.1) is 12.3 Å². The number of carbonyl (C=O) groups excluding carboxylic acids is 4. The number of aliphatic hydroxyl groups is 1. The van der Waals surface area contributed by atoms with Crippen LogP contribution in [0.2, 0.25) is 0 Å². The Morgan fingerprint density at radius 2 is 1.70 bits per heavy atom. The zero-order valence-corrected chi connectivity index (χ0v) is 28.8. The molecule has 3 heterocycles. The Kier molecular flexibility index (Phi) is 11.1. The molecule has 0 aliphatic carbocycles. The van der Waals surface area contributed by atoms with E-state index in [9.17, 15) is 24.3 Å². The average molecular weight is 657 g/mol. The largest absolute Gasteiger partial charge is 0.444 e. The highest BCUT2D eigenvalue weighted by Crippen LogP contribution is 2.28. The molecular formula is C33H48N6O6S. The lowest BCUT2D eigenvalue weighted by Crippen LogP contribution is -2.59. The van der Waals surface area contributed by atoms with Gasteiger partial charge < -0.3 is 30.3 Å². The number of aryl methyl sites for hydroxylation is 1. The fraction of sp³-hybridized carbons (Fsp3) is 0.606. The Morgan fingerprint density at radius 1 is 1.04 bits per heavy atom. The molecule has 13 heteroatoms. The lowest BCUT2D eigenvalue weighted by molar-refractivity contribution is -0.144. The number of piperazine rings is 1. The summed E-state index contributed by atoms with van der Waals surface area (Å²) < 4.78 is 5.45. The topological polar surface area (TPSA) is 144 Å². The minimum absolute atomic E-state index is 0.00882. The Morgan fingerprint density at radius 3 is 2.26 bits per heavy atom. The van der Waals surface area contributed by atoms with Gasteiger partial charge in [0.2, 0.25) is 17.7 Å². The zero-order chi connectivity index (χ0) is 33.8. The predicted molar refractivity (Wildman–Crippen MR) is 176 cm³/mol. The highest BCUT2D eigenvalue weighted by atomic mass is 32.1. The van der Waals surface area contributed by atoms with Crippen molar-refractivity contribution in [2.75, 3.05) is 39.3 Å². The first-order valence-electron chi connectivity index (χ1n) is 15.8. The van der Waals surface area contributed by atoms with Gasteiger partial charge in [-0.2, -0.15) is 0 Å². The maximum Gasteiger partial charge on any atom is 0.410 e. The molecule has 4 amide bonds. The van der Waals surface area contributed by atoms with E-state index in [1.807, 2.05) is 83.1 Å². The van der Waals surface area contributed by atoms with E-state index in [0.29, 0.717) is 26.2 Å². The fourth-order valence-corrected chi connectivity index (χ4v) is 6.42. The number of amides is 4. The van der Waals surface area contributed by atoms with Gasteiger partial charge in [0.25, 0.3) is 0 Å². The summed E-state index contributed by atoms with van der Waals surface area (Å²) in [7, 11) is 0. The first-order valence-corrected chi connectivity index (χ1v) is 16.6. The van der Waals surface area contributed by atoms with Crippen molar-refractivity contribution < 1.29 is 29.0 Å². The van der Waals surface area contributed by atoms with Gasteiger partial charge >= 0.3 is 6.09 Å². The number of thiazole rings is 1. The summed E-state index contributed by atoms with van der Waals surface area (Å²) in [4.78, 5) is 63.2.